The molecule has 0 aromatic rings. The third-order valence-corrected chi connectivity index (χ3v) is 10.8. The highest BCUT2D eigenvalue weighted by Gasteiger charge is 2.27. The molecule has 0 aliphatic rings. The van der Waals surface area contributed by atoms with E-state index >= 15 is 0 Å². The van der Waals surface area contributed by atoms with E-state index in [1.54, 1.807) is 0 Å². The van der Waals surface area contributed by atoms with Crippen LogP contribution in [0.15, 0.2) is 0 Å². The van der Waals surface area contributed by atoms with E-state index in [2.05, 4.69) is 13.8 Å². The van der Waals surface area contributed by atoms with Crippen molar-refractivity contribution in [2.75, 3.05) is 47.5 Å². The van der Waals surface area contributed by atoms with Gasteiger partial charge in [-0.3, -0.25) is 18.6 Å². The van der Waals surface area contributed by atoms with Gasteiger partial charge in [0.25, 0.3) is 0 Å². The average Bonchev–Trinajstić information content (AvgIpc) is 3.11. The molecule has 0 heterocycles. The van der Waals surface area contributed by atoms with Crippen LogP contribution in [0.2, 0.25) is 0 Å². The van der Waals surface area contributed by atoms with Crippen molar-refractivity contribution < 1.29 is 52.3 Å². The fourth-order valence-electron chi connectivity index (χ4n) is 6.22. The zero-order valence-electron chi connectivity index (χ0n) is 35.5. The van der Waals surface area contributed by atoms with Crippen molar-refractivity contribution >= 4 is 19.8 Å². The molecule has 0 aliphatic carbocycles. The fourth-order valence-corrected chi connectivity index (χ4v) is 6.96. The van der Waals surface area contributed by atoms with E-state index in [0.717, 1.165) is 77.0 Å². The number of unbranched alkanes of at least 4 members (excludes halogenated alkanes) is 21. The molecule has 0 fully saturated rings. The van der Waals surface area contributed by atoms with Gasteiger partial charge in [0.05, 0.1) is 40.0 Å². The Labute approximate surface area is 330 Å². The summed E-state index contributed by atoms with van der Waals surface area (Å²) in [4.78, 5) is 35.3. The predicted octanol–water partition coefficient (Wildman–Crippen LogP) is 9.97. The van der Waals surface area contributed by atoms with Crippen molar-refractivity contribution in [3.8, 4) is 0 Å². The second-order valence-corrected chi connectivity index (χ2v) is 17.9. The lowest BCUT2D eigenvalue weighted by Crippen LogP contribution is -2.37. The van der Waals surface area contributed by atoms with Crippen LogP contribution in [-0.2, 0) is 32.7 Å². The Balaban J connectivity index is 4.42. The first kappa shape index (κ1) is 52.9. The molecular formula is C42H85NO10P+. The Morgan fingerprint density at radius 2 is 0.944 bits per heavy atom. The minimum absolute atomic E-state index is 0.0140. The number of phosphoric ester groups is 1. The van der Waals surface area contributed by atoms with Gasteiger partial charge in [0.1, 0.15) is 19.8 Å². The molecule has 4 atom stereocenters. The van der Waals surface area contributed by atoms with E-state index in [4.69, 9.17) is 18.5 Å². The highest BCUT2D eigenvalue weighted by molar-refractivity contribution is 7.47. The van der Waals surface area contributed by atoms with E-state index in [-0.39, 0.29) is 26.1 Å². The zero-order valence-corrected chi connectivity index (χ0v) is 36.3. The molecule has 0 aromatic heterocycles. The summed E-state index contributed by atoms with van der Waals surface area (Å²) in [6.07, 6.45) is 26.0. The van der Waals surface area contributed by atoms with Crippen LogP contribution in [-0.4, -0.2) is 97.3 Å². The van der Waals surface area contributed by atoms with Gasteiger partial charge < -0.3 is 29.1 Å². The number of nitrogens with zero attached hydrogens (tertiary/aromatic N) is 1. The van der Waals surface area contributed by atoms with Crippen LogP contribution >= 0.6 is 7.82 Å². The number of likely N-dealkylation sites (N-methyl/N-ethyl adjacent to an activating group) is 1. The minimum atomic E-state index is -4.40. The van der Waals surface area contributed by atoms with Crippen molar-refractivity contribution in [3.63, 3.8) is 0 Å². The molecule has 0 rings (SSSR count). The van der Waals surface area contributed by atoms with Crippen molar-refractivity contribution in [3.05, 3.63) is 0 Å². The van der Waals surface area contributed by atoms with Crippen molar-refractivity contribution in [2.24, 2.45) is 0 Å². The van der Waals surface area contributed by atoms with Gasteiger partial charge in [0, 0.05) is 12.8 Å². The van der Waals surface area contributed by atoms with E-state index in [0.29, 0.717) is 30.3 Å². The van der Waals surface area contributed by atoms with Gasteiger partial charge in [0.15, 0.2) is 6.10 Å². The monoisotopic (exact) mass is 795 g/mol. The van der Waals surface area contributed by atoms with Crippen LogP contribution in [0.1, 0.15) is 194 Å². The number of aliphatic hydroxyl groups is 2. The van der Waals surface area contributed by atoms with Gasteiger partial charge in [-0.15, -0.1) is 0 Å². The van der Waals surface area contributed by atoms with Crippen LogP contribution in [0.3, 0.4) is 0 Å². The molecule has 3 N–H and O–H groups in total. The van der Waals surface area contributed by atoms with Gasteiger partial charge in [-0.2, -0.15) is 0 Å². The standard InChI is InChI=1S/C42H84NO10P/c1-6-8-10-12-13-14-15-16-17-18-21-24-28-32-41(46)50-36-38(37-52-54(48,49)51-35-34-43(3,4)5)53-42(47)33-29-25-22-19-20-23-27-31-40(45)39(44)30-26-11-9-7-2/h38-40,44-45H,6-37H2,1-5H3/p+1. The molecule has 0 spiro atoms. The van der Waals surface area contributed by atoms with E-state index in [1.807, 2.05) is 21.1 Å². The maximum atomic E-state index is 12.7. The van der Waals surface area contributed by atoms with Crippen molar-refractivity contribution in [2.45, 2.75) is 212 Å². The van der Waals surface area contributed by atoms with Gasteiger partial charge in [0.2, 0.25) is 0 Å². The van der Waals surface area contributed by atoms with Gasteiger partial charge in [-0.1, -0.05) is 155 Å². The highest BCUT2D eigenvalue weighted by Crippen LogP contribution is 2.43. The van der Waals surface area contributed by atoms with E-state index in [9.17, 15) is 29.3 Å². The molecule has 0 saturated heterocycles. The Bertz CT molecular complexity index is 931. The lowest BCUT2D eigenvalue weighted by molar-refractivity contribution is -0.870. The van der Waals surface area contributed by atoms with Crippen LogP contribution in [0.4, 0.5) is 0 Å². The molecule has 4 unspecified atom stereocenters. The largest absolute Gasteiger partial charge is 0.472 e. The van der Waals surface area contributed by atoms with Gasteiger partial charge in [-0.25, -0.2) is 4.57 Å². The normalized spacial score (nSPS) is 14.7. The average molecular weight is 795 g/mol. The number of carbonyl (C=O) groups is 2. The molecule has 0 bridgehead atoms. The molecule has 0 aliphatic heterocycles. The lowest BCUT2D eigenvalue weighted by Gasteiger charge is -2.24. The highest BCUT2D eigenvalue weighted by atomic mass is 31.2. The maximum Gasteiger partial charge on any atom is 0.472 e. The number of quaternary nitrogens is 1. The number of hydrogen-bond acceptors (Lipinski definition) is 9. The second-order valence-electron chi connectivity index (χ2n) is 16.4. The Morgan fingerprint density at radius 3 is 1.39 bits per heavy atom. The smallest absolute Gasteiger partial charge is 0.462 e. The number of aliphatic hydroxyl groups excluding tert-OH is 2. The molecule has 0 amide bonds. The summed E-state index contributed by atoms with van der Waals surface area (Å²) < 4.78 is 34.2. The SMILES string of the molecule is CCCCCCCCCCCCCCCC(=O)OCC(COP(=O)(O)OCC[N+](C)(C)C)OC(=O)CCCCCCCCCC(O)C(O)CCCCCC. The number of phosphoric acid groups is 1. The summed E-state index contributed by atoms with van der Waals surface area (Å²) in [5, 5.41) is 20.3. The molecule has 0 radical (unpaired) electrons. The maximum absolute atomic E-state index is 12.7. The Kier molecular flexibility index (Phi) is 34.4. The summed E-state index contributed by atoms with van der Waals surface area (Å²) >= 11 is 0. The predicted molar refractivity (Wildman–Crippen MR) is 218 cm³/mol. The molecule has 0 saturated carbocycles. The number of esters is 2. The van der Waals surface area contributed by atoms with E-state index < -0.39 is 44.7 Å². The number of hydrogen-bond donors (Lipinski definition) is 3. The molecular weight excluding hydrogens is 709 g/mol. The molecule has 11 nitrogen and oxygen atoms in total. The second kappa shape index (κ2) is 35.1. The summed E-state index contributed by atoms with van der Waals surface area (Å²) in [5.41, 5.74) is 0. The Morgan fingerprint density at radius 1 is 0.556 bits per heavy atom. The third kappa shape index (κ3) is 36.6. The van der Waals surface area contributed by atoms with Crippen LogP contribution in [0.25, 0.3) is 0 Å². The molecule has 0 aromatic carbocycles. The van der Waals surface area contributed by atoms with Crippen molar-refractivity contribution in [1.29, 1.82) is 0 Å². The van der Waals surface area contributed by atoms with Gasteiger partial charge >= 0.3 is 19.8 Å². The molecule has 322 valence electrons. The quantitative estimate of drug-likeness (QED) is 0.0237. The van der Waals surface area contributed by atoms with Crippen LogP contribution in [0.5, 0.6) is 0 Å². The Hall–Kier alpha value is -1.07. The van der Waals surface area contributed by atoms with Crippen LogP contribution in [0, 0.1) is 0 Å². The first-order valence-electron chi connectivity index (χ1n) is 21.9. The van der Waals surface area contributed by atoms with Gasteiger partial charge in [-0.05, 0) is 25.7 Å². The minimum Gasteiger partial charge on any atom is -0.462 e. The lowest BCUT2D eigenvalue weighted by atomic mass is 10.00. The number of rotatable bonds is 40. The topological polar surface area (TPSA) is 149 Å². The third-order valence-electron chi connectivity index (χ3n) is 9.83. The fraction of sp³-hybridized carbons (Fsp3) is 0.952. The van der Waals surface area contributed by atoms with Crippen LogP contribution < -0.4 is 0 Å². The number of carbonyl (C=O) groups excluding carboxylic acids is 2. The summed E-state index contributed by atoms with van der Waals surface area (Å²) in [7, 11) is 1.41. The first-order valence-corrected chi connectivity index (χ1v) is 23.4. The first-order chi connectivity index (χ1) is 25.8. The molecule has 54 heavy (non-hydrogen) atoms. The zero-order chi connectivity index (χ0) is 40.3. The van der Waals surface area contributed by atoms with E-state index in [1.165, 1.54) is 70.6 Å². The molecule has 12 heteroatoms. The summed E-state index contributed by atoms with van der Waals surface area (Å²) in [6.45, 7) is 4.22. The van der Waals surface area contributed by atoms with Crippen molar-refractivity contribution in [1.82, 2.24) is 0 Å². The summed E-state index contributed by atoms with van der Waals surface area (Å²) in [6, 6.07) is 0. The number of ether oxygens (including phenoxy) is 2. The summed E-state index contributed by atoms with van der Waals surface area (Å²) in [5.74, 6) is -0.865.